The molecule has 0 atom stereocenters. The predicted octanol–water partition coefficient (Wildman–Crippen LogP) is 3.96. The summed E-state index contributed by atoms with van der Waals surface area (Å²) in [5.74, 6) is 0. The van der Waals surface area contributed by atoms with Crippen LogP contribution in [0.5, 0.6) is 0 Å². The standard InChI is InChI=1S/C16H16N2O2S/c1-10-8-13(17-12-7-5-4-6-11(10)12)15-18-14(9-21-15)16(19-2)20-3/h4-9,16H,1-3H3. The molecule has 0 saturated heterocycles. The smallest absolute Gasteiger partial charge is 0.201 e. The zero-order chi connectivity index (χ0) is 14.8. The van der Waals surface area contributed by atoms with Crippen LogP contribution in [0.1, 0.15) is 17.5 Å². The molecule has 0 aliphatic rings. The van der Waals surface area contributed by atoms with Gasteiger partial charge in [0.1, 0.15) is 10.7 Å². The number of methoxy groups -OCH3 is 2. The molecule has 0 amide bonds. The summed E-state index contributed by atoms with van der Waals surface area (Å²) in [6, 6.07) is 10.2. The van der Waals surface area contributed by atoms with Crippen molar-refractivity contribution in [3.8, 4) is 10.7 Å². The minimum absolute atomic E-state index is 0.434. The van der Waals surface area contributed by atoms with Crippen LogP contribution < -0.4 is 0 Å². The van der Waals surface area contributed by atoms with E-state index in [1.807, 2.05) is 23.6 Å². The Morgan fingerprint density at radius 1 is 1.10 bits per heavy atom. The topological polar surface area (TPSA) is 44.2 Å². The number of aromatic nitrogens is 2. The van der Waals surface area contributed by atoms with Gasteiger partial charge in [-0.1, -0.05) is 18.2 Å². The molecular formula is C16H16N2O2S. The highest BCUT2D eigenvalue weighted by Crippen LogP contribution is 2.29. The summed E-state index contributed by atoms with van der Waals surface area (Å²) in [4.78, 5) is 9.27. The van der Waals surface area contributed by atoms with Gasteiger partial charge in [-0.25, -0.2) is 9.97 Å². The molecule has 0 N–H and O–H groups in total. The fraction of sp³-hybridized carbons (Fsp3) is 0.250. The van der Waals surface area contributed by atoms with E-state index in [1.165, 1.54) is 10.9 Å². The van der Waals surface area contributed by atoms with Crippen molar-refractivity contribution < 1.29 is 9.47 Å². The molecule has 2 heterocycles. The van der Waals surface area contributed by atoms with E-state index in [0.717, 1.165) is 21.9 Å². The molecule has 0 fully saturated rings. The molecule has 21 heavy (non-hydrogen) atoms. The van der Waals surface area contributed by atoms with Crippen molar-refractivity contribution in [2.24, 2.45) is 0 Å². The normalized spacial score (nSPS) is 11.4. The van der Waals surface area contributed by atoms with Crippen molar-refractivity contribution in [2.75, 3.05) is 14.2 Å². The maximum absolute atomic E-state index is 5.23. The van der Waals surface area contributed by atoms with E-state index in [4.69, 9.17) is 14.5 Å². The van der Waals surface area contributed by atoms with Gasteiger partial charge >= 0.3 is 0 Å². The Hall–Kier alpha value is -1.82. The van der Waals surface area contributed by atoms with E-state index >= 15 is 0 Å². The maximum atomic E-state index is 5.23. The summed E-state index contributed by atoms with van der Waals surface area (Å²) in [5, 5.41) is 3.99. The highest BCUT2D eigenvalue weighted by molar-refractivity contribution is 7.13. The molecule has 4 nitrogen and oxygen atoms in total. The minimum Gasteiger partial charge on any atom is -0.350 e. The molecule has 0 unspecified atom stereocenters. The molecule has 0 bridgehead atoms. The minimum atomic E-state index is -0.434. The number of pyridine rings is 1. The highest BCUT2D eigenvalue weighted by Gasteiger charge is 2.15. The van der Waals surface area contributed by atoms with Crippen LogP contribution in [0, 0.1) is 6.92 Å². The van der Waals surface area contributed by atoms with E-state index in [1.54, 1.807) is 25.6 Å². The van der Waals surface area contributed by atoms with Gasteiger partial charge in [0.2, 0.25) is 6.29 Å². The number of ether oxygens (including phenoxy) is 2. The molecule has 0 radical (unpaired) electrons. The summed E-state index contributed by atoms with van der Waals surface area (Å²) in [7, 11) is 3.21. The van der Waals surface area contributed by atoms with Gasteiger partial charge in [-0.05, 0) is 24.6 Å². The average molecular weight is 300 g/mol. The predicted molar refractivity (Wildman–Crippen MR) is 84.3 cm³/mol. The third kappa shape index (κ3) is 2.68. The van der Waals surface area contributed by atoms with Crippen molar-refractivity contribution in [1.29, 1.82) is 0 Å². The van der Waals surface area contributed by atoms with Crippen molar-refractivity contribution in [3.63, 3.8) is 0 Å². The molecule has 5 heteroatoms. The van der Waals surface area contributed by atoms with Gasteiger partial charge in [0.05, 0.1) is 11.2 Å². The van der Waals surface area contributed by atoms with E-state index in [0.29, 0.717) is 0 Å². The second-order valence-corrected chi connectivity index (χ2v) is 5.58. The Morgan fingerprint density at radius 3 is 2.62 bits per heavy atom. The number of nitrogens with zero attached hydrogens (tertiary/aromatic N) is 2. The lowest BCUT2D eigenvalue weighted by atomic mass is 10.1. The Labute approximate surface area is 127 Å². The SMILES string of the molecule is COC(OC)c1csc(-c2cc(C)c3ccccc3n2)n1. The van der Waals surface area contributed by atoms with Crippen LogP contribution in [-0.2, 0) is 9.47 Å². The molecule has 108 valence electrons. The molecule has 0 aliphatic carbocycles. The zero-order valence-electron chi connectivity index (χ0n) is 12.2. The van der Waals surface area contributed by atoms with Crippen LogP contribution in [-0.4, -0.2) is 24.2 Å². The van der Waals surface area contributed by atoms with Gasteiger partial charge in [0.25, 0.3) is 0 Å². The number of hydrogen-bond acceptors (Lipinski definition) is 5. The Bertz CT molecular complexity index is 766. The second kappa shape index (κ2) is 5.89. The summed E-state index contributed by atoms with van der Waals surface area (Å²) in [6.07, 6.45) is -0.434. The largest absolute Gasteiger partial charge is 0.350 e. The number of hydrogen-bond donors (Lipinski definition) is 0. The average Bonchev–Trinajstić information content (AvgIpc) is 2.98. The van der Waals surface area contributed by atoms with Gasteiger partial charge in [-0.3, -0.25) is 0 Å². The summed E-state index contributed by atoms with van der Waals surface area (Å²) >= 11 is 1.55. The lowest BCUT2D eigenvalue weighted by Crippen LogP contribution is -2.03. The van der Waals surface area contributed by atoms with Gasteiger partial charge in [-0.15, -0.1) is 11.3 Å². The van der Waals surface area contributed by atoms with Crippen LogP contribution >= 0.6 is 11.3 Å². The zero-order valence-corrected chi connectivity index (χ0v) is 13.0. The van der Waals surface area contributed by atoms with E-state index in [9.17, 15) is 0 Å². The first-order valence-electron chi connectivity index (χ1n) is 6.60. The number of aryl methyl sites for hydroxylation is 1. The summed E-state index contributed by atoms with van der Waals surface area (Å²) in [5.41, 5.74) is 3.84. The number of thiazole rings is 1. The monoisotopic (exact) mass is 300 g/mol. The highest BCUT2D eigenvalue weighted by atomic mass is 32.1. The van der Waals surface area contributed by atoms with Gasteiger partial charge in [-0.2, -0.15) is 0 Å². The van der Waals surface area contributed by atoms with Crippen LogP contribution in [0.15, 0.2) is 35.7 Å². The fourth-order valence-electron chi connectivity index (χ4n) is 2.31. The van der Waals surface area contributed by atoms with Crippen LogP contribution in [0.2, 0.25) is 0 Å². The van der Waals surface area contributed by atoms with Gasteiger partial charge in [0, 0.05) is 25.0 Å². The van der Waals surface area contributed by atoms with Crippen molar-refractivity contribution in [2.45, 2.75) is 13.2 Å². The Balaban J connectivity index is 2.04. The first kappa shape index (κ1) is 14.1. The van der Waals surface area contributed by atoms with E-state index in [2.05, 4.69) is 24.0 Å². The lowest BCUT2D eigenvalue weighted by molar-refractivity contribution is -0.108. The van der Waals surface area contributed by atoms with Crippen LogP contribution in [0.4, 0.5) is 0 Å². The van der Waals surface area contributed by atoms with Crippen molar-refractivity contribution >= 4 is 22.2 Å². The summed E-state index contributed by atoms with van der Waals surface area (Å²) in [6.45, 7) is 2.09. The maximum Gasteiger partial charge on any atom is 0.201 e. The third-order valence-electron chi connectivity index (χ3n) is 3.33. The summed E-state index contributed by atoms with van der Waals surface area (Å²) < 4.78 is 10.5. The first-order chi connectivity index (χ1) is 10.2. The first-order valence-corrected chi connectivity index (χ1v) is 7.48. The van der Waals surface area contributed by atoms with Crippen LogP contribution in [0.3, 0.4) is 0 Å². The quantitative estimate of drug-likeness (QED) is 0.684. The van der Waals surface area contributed by atoms with E-state index < -0.39 is 6.29 Å². The van der Waals surface area contributed by atoms with Crippen LogP contribution in [0.25, 0.3) is 21.6 Å². The molecular weight excluding hydrogens is 284 g/mol. The molecule has 0 saturated carbocycles. The number of fused-ring (bicyclic) bond motifs is 1. The molecule has 2 aromatic heterocycles. The van der Waals surface area contributed by atoms with Crippen molar-refractivity contribution in [3.05, 3.63) is 47.0 Å². The third-order valence-corrected chi connectivity index (χ3v) is 4.22. The van der Waals surface area contributed by atoms with E-state index in [-0.39, 0.29) is 0 Å². The van der Waals surface area contributed by atoms with Crippen molar-refractivity contribution in [1.82, 2.24) is 9.97 Å². The fourth-order valence-corrected chi connectivity index (χ4v) is 3.09. The number of para-hydroxylation sites is 1. The van der Waals surface area contributed by atoms with Gasteiger partial charge in [0.15, 0.2) is 0 Å². The Kier molecular flexibility index (Phi) is 3.96. The number of benzene rings is 1. The Morgan fingerprint density at radius 2 is 1.86 bits per heavy atom. The van der Waals surface area contributed by atoms with Gasteiger partial charge < -0.3 is 9.47 Å². The molecule has 0 aliphatic heterocycles. The lowest BCUT2D eigenvalue weighted by Gasteiger charge is -2.09. The molecule has 1 aromatic carbocycles. The molecule has 3 aromatic rings. The molecule has 3 rings (SSSR count). The second-order valence-electron chi connectivity index (χ2n) is 4.72. The number of rotatable bonds is 4. The molecule has 0 spiro atoms.